The number of aliphatic hydroxyl groups is 1. The average Bonchev–Trinajstić information content (AvgIpc) is 2.59. The molecule has 4 heteroatoms. The lowest BCUT2D eigenvalue weighted by Crippen LogP contribution is -2.56. The van der Waals surface area contributed by atoms with E-state index in [1.54, 1.807) is 0 Å². The van der Waals surface area contributed by atoms with Crippen LogP contribution in [0.2, 0.25) is 0 Å². The summed E-state index contributed by atoms with van der Waals surface area (Å²) in [6, 6.07) is -0.424. The lowest BCUT2D eigenvalue weighted by molar-refractivity contribution is -0.909. The van der Waals surface area contributed by atoms with Gasteiger partial charge in [0.05, 0.1) is 14.1 Å². The van der Waals surface area contributed by atoms with Crippen molar-refractivity contribution < 1.29 is 19.5 Å². The number of hydrogen-bond acceptors (Lipinski definition) is 2. The first-order chi connectivity index (χ1) is 12.8. The average molecular weight is 387 g/mol. The van der Waals surface area contributed by atoms with E-state index in [9.17, 15) is 15.0 Å². The van der Waals surface area contributed by atoms with Crippen LogP contribution < -0.4 is 0 Å². The van der Waals surface area contributed by atoms with Crippen LogP contribution >= 0.6 is 0 Å². The summed E-state index contributed by atoms with van der Waals surface area (Å²) >= 11 is 0. The van der Waals surface area contributed by atoms with Crippen molar-refractivity contribution in [3.05, 3.63) is 0 Å². The highest BCUT2D eigenvalue weighted by Gasteiger charge is 2.35. The summed E-state index contributed by atoms with van der Waals surface area (Å²) in [5.74, 6) is -0.751. The number of carbonyl (C=O) groups is 1. The Kier molecular flexibility index (Phi) is 16.0. The number of carboxylic acids is 1. The topological polar surface area (TPSA) is 57.5 Å². The molecule has 0 rings (SSSR count). The van der Waals surface area contributed by atoms with E-state index in [1.807, 2.05) is 21.0 Å². The van der Waals surface area contributed by atoms with Gasteiger partial charge in [0, 0.05) is 6.42 Å². The number of aliphatic hydroxyl groups excluding tert-OH is 1. The van der Waals surface area contributed by atoms with Gasteiger partial charge in [0.1, 0.15) is 12.6 Å². The third-order valence-corrected chi connectivity index (χ3v) is 5.76. The van der Waals surface area contributed by atoms with Gasteiger partial charge in [-0.1, -0.05) is 90.9 Å². The van der Waals surface area contributed by atoms with Crippen molar-refractivity contribution in [3.8, 4) is 0 Å². The van der Waals surface area contributed by atoms with Crippen LogP contribution in [-0.2, 0) is 4.79 Å². The molecule has 0 amide bonds. The molecule has 0 aliphatic rings. The summed E-state index contributed by atoms with van der Waals surface area (Å²) in [4.78, 5) is 11.5. The Morgan fingerprint density at radius 2 is 1.19 bits per heavy atom. The Hall–Kier alpha value is -0.610. The molecule has 4 nitrogen and oxygen atoms in total. The lowest BCUT2D eigenvalue weighted by Gasteiger charge is -2.37. The Balaban J connectivity index is 3.71. The van der Waals surface area contributed by atoms with E-state index in [2.05, 4.69) is 6.92 Å². The number of unbranched alkanes of at least 4 members (excludes halogenated alkanes) is 11. The normalized spacial score (nSPS) is 14.3. The highest BCUT2D eigenvalue weighted by Crippen LogP contribution is 2.17. The van der Waals surface area contributed by atoms with Crippen molar-refractivity contribution in [2.24, 2.45) is 0 Å². The molecule has 0 saturated carbocycles. The van der Waals surface area contributed by atoms with Crippen LogP contribution in [0.25, 0.3) is 0 Å². The van der Waals surface area contributed by atoms with Gasteiger partial charge in [-0.05, 0) is 12.8 Å². The molecule has 0 heterocycles. The molecule has 162 valence electrons. The Morgan fingerprint density at radius 1 is 0.741 bits per heavy atom. The van der Waals surface area contributed by atoms with Crippen molar-refractivity contribution in [1.82, 2.24) is 0 Å². The van der Waals surface area contributed by atoms with E-state index >= 15 is 0 Å². The van der Waals surface area contributed by atoms with Crippen LogP contribution in [0.3, 0.4) is 0 Å². The van der Waals surface area contributed by atoms with Crippen LogP contribution in [-0.4, -0.2) is 53.5 Å². The number of aliphatic carboxylic acids is 1. The number of likely N-dealkylation sites (N-methyl/N-ethyl adjacent to an activating group) is 1. The van der Waals surface area contributed by atoms with Gasteiger partial charge in [0.2, 0.25) is 0 Å². The van der Waals surface area contributed by atoms with Gasteiger partial charge in [-0.15, -0.1) is 0 Å². The molecule has 0 aliphatic carbocycles. The number of quaternary nitrogens is 1. The molecule has 2 N–H and O–H groups in total. The lowest BCUT2D eigenvalue weighted by atomic mass is 10.0. The minimum Gasteiger partial charge on any atom is -0.477 e. The molecular weight excluding hydrogens is 338 g/mol. The van der Waals surface area contributed by atoms with Crippen LogP contribution in [0, 0.1) is 0 Å². The van der Waals surface area contributed by atoms with E-state index in [-0.39, 0.29) is 0 Å². The maximum Gasteiger partial charge on any atom is 0.362 e. The second kappa shape index (κ2) is 16.4. The first-order valence-corrected chi connectivity index (χ1v) is 11.6. The summed E-state index contributed by atoms with van der Waals surface area (Å²) in [6.45, 7) is 4.80. The Morgan fingerprint density at radius 3 is 1.59 bits per heavy atom. The molecule has 0 spiro atoms. The largest absolute Gasteiger partial charge is 0.477 e. The molecule has 0 radical (unpaired) electrons. The highest BCUT2D eigenvalue weighted by molar-refractivity contribution is 5.72. The van der Waals surface area contributed by atoms with Gasteiger partial charge >= 0.3 is 5.97 Å². The van der Waals surface area contributed by atoms with Crippen molar-refractivity contribution in [3.63, 3.8) is 0 Å². The molecule has 2 unspecified atom stereocenters. The van der Waals surface area contributed by atoms with Crippen LogP contribution in [0.4, 0.5) is 0 Å². The summed E-state index contributed by atoms with van der Waals surface area (Å²) in [5.41, 5.74) is 0. The second-order valence-electron chi connectivity index (χ2n) is 8.94. The molecule has 0 aromatic carbocycles. The summed E-state index contributed by atoms with van der Waals surface area (Å²) < 4.78 is 0.364. The molecule has 0 aromatic rings. The predicted molar refractivity (Wildman–Crippen MR) is 115 cm³/mol. The fourth-order valence-electron chi connectivity index (χ4n) is 4.03. The van der Waals surface area contributed by atoms with Gasteiger partial charge < -0.3 is 14.7 Å². The van der Waals surface area contributed by atoms with Gasteiger partial charge in [-0.25, -0.2) is 4.79 Å². The van der Waals surface area contributed by atoms with Crippen molar-refractivity contribution in [2.75, 3.05) is 20.6 Å². The molecule has 27 heavy (non-hydrogen) atoms. The van der Waals surface area contributed by atoms with E-state index in [1.165, 1.54) is 70.6 Å². The molecule has 0 aliphatic heterocycles. The Labute approximate surface area is 168 Å². The second-order valence-corrected chi connectivity index (χ2v) is 8.94. The number of carboxylic acid groups (broad SMARTS) is 1. The maximum atomic E-state index is 11.5. The molecule has 2 atom stereocenters. The van der Waals surface area contributed by atoms with Crippen LogP contribution in [0.15, 0.2) is 0 Å². The van der Waals surface area contributed by atoms with Gasteiger partial charge in [-0.2, -0.15) is 0 Å². The van der Waals surface area contributed by atoms with Crippen molar-refractivity contribution in [1.29, 1.82) is 0 Å². The van der Waals surface area contributed by atoms with Crippen molar-refractivity contribution >= 4 is 5.97 Å². The van der Waals surface area contributed by atoms with E-state index < -0.39 is 18.1 Å². The van der Waals surface area contributed by atoms with Gasteiger partial charge in [0.15, 0.2) is 6.04 Å². The molecular formula is C23H48NO3+. The quantitative estimate of drug-likeness (QED) is 0.219. The minimum absolute atomic E-state index is 0.364. The van der Waals surface area contributed by atoms with E-state index in [0.717, 1.165) is 19.3 Å². The highest BCUT2D eigenvalue weighted by atomic mass is 16.4. The smallest absolute Gasteiger partial charge is 0.362 e. The third kappa shape index (κ3) is 14.1. The number of rotatable bonds is 19. The molecule has 0 saturated heterocycles. The van der Waals surface area contributed by atoms with Crippen LogP contribution in [0.1, 0.15) is 110 Å². The SMILES string of the molecule is CCCCCCCCCCCCCCC(O)C[N+](C)(C)C(CCC)C(=O)O. The Bertz CT molecular complexity index is 358. The number of hydrogen-bond donors (Lipinski definition) is 2. The zero-order chi connectivity index (χ0) is 20.5. The standard InChI is InChI=1S/C23H47NO3/c1-5-7-8-9-10-11-12-13-14-15-16-17-19-21(25)20-24(3,4)22(18-6-2)23(26)27/h21-22,25H,5-20H2,1-4H3/p+1. The molecule has 0 aromatic heterocycles. The number of nitrogens with zero attached hydrogens (tertiary/aromatic N) is 1. The van der Waals surface area contributed by atoms with Crippen LogP contribution in [0.5, 0.6) is 0 Å². The predicted octanol–water partition coefficient (Wildman–Crippen LogP) is 5.77. The first-order valence-electron chi connectivity index (χ1n) is 11.6. The van der Waals surface area contributed by atoms with Crippen molar-refractivity contribution in [2.45, 2.75) is 122 Å². The summed E-state index contributed by atoms with van der Waals surface area (Å²) in [6.07, 6.45) is 17.7. The maximum absolute atomic E-state index is 11.5. The molecule has 0 fully saturated rings. The van der Waals surface area contributed by atoms with E-state index in [4.69, 9.17) is 0 Å². The monoisotopic (exact) mass is 386 g/mol. The van der Waals surface area contributed by atoms with Gasteiger partial charge in [-0.3, -0.25) is 0 Å². The summed E-state index contributed by atoms with van der Waals surface area (Å²) in [7, 11) is 3.86. The molecule has 0 bridgehead atoms. The summed E-state index contributed by atoms with van der Waals surface area (Å²) in [5, 5.41) is 19.8. The fourth-order valence-corrected chi connectivity index (χ4v) is 4.03. The third-order valence-electron chi connectivity index (χ3n) is 5.76. The zero-order valence-electron chi connectivity index (χ0n) is 18.7. The van der Waals surface area contributed by atoms with Gasteiger partial charge in [0.25, 0.3) is 0 Å². The van der Waals surface area contributed by atoms with E-state index in [0.29, 0.717) is 17.4 Å². The zero-order valence-corrected chi connectivity index (χ0v) is 18.7. The fraction of sp³-hybridized carbons (Fsp3) is 0.957. The minimum atomic E-state index is -0.751. The first kappa shape index (κ1) is 26.4.